The maximum atomic E-state index is 11.5. The van der Waals surface area contributed by atoms with Gasteiger partial charge in [-0.25, -0.2) is 9.78 Å². The Morgan fingerprint density at radius 3 is 2.76 bits per heavy atom. The van der Waals surface area contributed by atoms with E-state index in [4.69, 9.17) is 4.74 Å². The van der Waals surface area contributed by atoms with E-state index in [9.17, 15) is 9.90 Å². The molecule has 0 amide bonds. The maximum Gasteiger partial charge on any atom is 0.337 e. The number of pyridine rings is 1. The zero-order chi connectivity index (χ0) is 20.1. The van der Waals surface area contributed by atoms with Crippen molar-refractivity contribution in [3.05, 3.63) is 84.7 Å². The van der Waals surface area contributed by atoms with E-state index in [1.807, 2.05) is 65.4 Å². The van der Waals surface area contributed by atoms with Gasteiger partial charge >= 0.3 is 5.97 Å². The third-order valence-electron chi connectivity index (χ3n) is 4.62. The molecule has 146 valence electrons. The number of carboxylic acid groups (broad SMARTS) is 1. The zero-order valence-corrected chi connectivity index (χ0v) is 15.8. The molecule has 0 saturated carbocycles. The molecule has 29 heavy (non-hydrogen) atoms. The van der Waals surface area contributed by atoms with Gasteiger partial charge in [-0.05, 0) is 55.0 Å². The highest BCUT2D eigenvalue weighted by molar-refractivity contribution is 5.93. The largest absolute Gasteiger partial charge is 0.494 e. The number of fused-ring (bicyclic) bond motifs is 1. The molecule has 4 aromatic rings. The van der Waals surface area contributed by atoms with Crippen LogP contribution < -0.4 is 10.1 Å². The Morgan fingerprint density at radius 2 is 1.93 bits per heavy atom. The first-order valence-electron chi connectivity index (χ1n) is 9.44. The number of nitrogens with one attached hydrogen (secondary N) is 1. The van der Waals surface area contributed by atoms with E-state index in [-0.39, 0.29) is 5.56 Å². The van der Waals surface area contributed by atoms with Gasteiger partial charge in [0.05, 0.1) is 23.4 Å². The van der Waals surface area contributed by atoms with Crippen LogP contribution in [-0.2, 0) is 0 Å². The number of benzene rings is 2. The third-order valence-corrected chi connectivity index (χ3v) is 4.62. The molecule has 0 radical (unpaired) electrons. The van der Waals surface area contributed by atoms with E-state index < -0.39 is 5.97 Å². The second-order valence-electron chi connectivity index (χ2n) is 6.57. The van der Waals surface area contributed by atoms with E-state index >= 15 is 0 Å². The molecule has 2 aromatic carbocycles. The lowest BCUT2D eigenvalue weighted by Crippen LogP contribution is -2.08. The van der Waals surface area contributed by atoms with Crippen LogP contribution in [0.2, 0.25) is 0 Å². The molecule has 4 rings (SSSR count). The number of carboxylic acids is 1. The van der Waals surface area contributed by atoms with Crippen molar-refractivity contribution in [1.29, 1.82) is 0 Å². The minimum atomic E-state index is -0.943. The molecule has 0 unspecified atom stereocenters. The molecule has 2 N–H and O–H groups in total. The smallest absolute Gasteiger partial charge is 0.337 e. The number of aromatic carboxylic acids is 1. The van der Waals surface area contributed by atoms with Crippen molar-refractivity contribution in [2.75, 3.05) is 18.5 Å². The maximum absolute atomic E-state index is 11.5. The number of carbonyl (C=O) groups is 1. The normalized spacial score (nSPS) is 10.8. The van der Waals surface area contributed by atoms with Gasteiger partial charge in [-0.2, -0.15) is 0 Å². The van der Waals surface area contributed by atoms with Crippen LogP contribution in [0.25, 0.3) is 16.6 Å². The Labute approximate surface area is 168 Å². The first-order valence-corrected chi connectivity index (χ1v) is 9.44. The molecule has 0 aliphatic heterocycles. The summed E-state index contributed by atoms with van der Waals surface area (Å²) in [5.74, 6) is 0.707. The van der Waals surface area contributed by atoms with Crippen molar-refractivity contribution in [1.82, 2.24) is 9.55 Å². The molecule has 0 fully saturated rings. The summed E-state index contributed by atoms with van der Waals surface area (Å²) in [5.41, 5.74) is 1.85. The lowest BCUT2D eigenvalue weighted by Gasteiger charge is -2.10. The first-order chi connectivity index (χ1) is 14.2. The van der Waals surface area contributed by atoms with Crippen molar-refractivity contribution < 1.29 is 14.6 Å². The fraction of sp³-hybridized carbons (Fsp3) is 0.130. The second-order valence-corrected chi connectivity index (χ2v) is 6.57. The molecule has 0 saturated heterocycles. The van der Waals surface area contributed by atoms with E-state index in [0.29, 0.717) is 12.3 Å². The van der Waals surface area contributed by atoms with Gasteiger partial charge < -0.3 is 19.7 Å². The van der Waals surface area contributed by atoms with Crippen molar-refractivity contribution >= 4 is 22.7 Å². The van der Waals surface area contributed by atoms with E-state index in [0.717, 1.165) is 35.4 Å². The standard InChI is InChI=1S/C23H21N3O3/c27-23(28)19-6-1-2-7-21(19)26-14-11-17-16-18(9-10-20(17)26)29-15-5-13-25-22-8-3-4-12-24-22/h1-4,6-12,14,16H,5,13,15H2,(H,24,25)(H,27,28). The van der Waals surface area contributed by atoms with Crippen LogP contribution in [0.3, 0.4) is 0 Å². The highest BCUT2D eigenvalue weighted by Gasteiger charge is 2.12. The van der Waals surface area contributed by atoms with Gasteiger partial charge in [0.15, 0.2) is 0 Å². The predicted molar refractivity (Wildman–Crippen MR) is 113 cm³/mol. The van der Waals surface area contributed by atoms with Crippen molar-refractivity contribution in [3.63, 3.8) is 0 Å². The predicted octanol–water partition coefficient (Wildman–Crippen LogP) is 4.60. The Morgan fingerprint density at radius 1 is 1.07 bits per heavy atom. The summed E-state index contributed by atoms with van der Waals surface area (Å²) < 4.78 is 7.75. The molecular formula is C23H21N3O3. The lowest BCUT2D eigenvalue weighted by atomic mass is 10.1. The minimum Gasteiger partial charge on any atom is -0.494 e. The van der Waals surface area contributed by atoms with Crippen LogP contribution in [0.4, 0.5) is 5.82 Å². The van der Waals surface area contributed by atoms with Crippen molar-refractivity contribution in [3.8, 4) is 11.4 Å². The SMILES string of the molecule is O=C(O)c1ccccc1-n1ccc2cc(OCCCNc3ccccn3)ccc21. The van der Waals surface area contributed by atoms with Gasteiger partial charge in [-0.1, -0.05) is 18.2 Å². The molecule has 2 aromatic heterocycles. The Hall–Kier alpha value is -3.80. The van der Waals surface area contributed by atoms with Crippen LogP contribution in [0.1, 0.15) is 16.8 Å². The zero-order valence-electron chi connectivity index (χ0n) is 15.8. The number of para-hydroxylation sites is 1. The molecule has 6 nitrogen and oxygen atoms in total. The van der Waals surface area contributed by atoms with Crippen molar-refractivity contribution in [2.45, 2.75) is 6.42 Å². The van der Waals surface area contributed by atoms with Gasteiger partial charge in [-0.3, -0.25) is 0 Å². The first kappa shape index (κ1) is 18.6. The van der Waals surface area contributed by atoms with E-state index in [1.54, 1.807) is 18.3 Å². The monoisotopic (exact) mass is 387 g/mol. The van der Waals surface area contributed by atoms with Crippen molar-refractivity contribution in [2.24, 2.45) is 0 Å². The number of nitrogens with zero attached hydrogens (tertiary/aromatic N) is 2. The summed E-state index contributed by atoms with van der Waals surface area (Å²) in [6, 6.07) is 20.6. The number of anilines is 1. The van der Waals surface area contributed by atoms with Gasteiger partial charge in [0.25, 0.3) is 0 Å². The molecule has 0 aliphatic rings. The fourth-order valence-corrected chi connectivity index (χ4v) is 3.23. The average Bonchev–Trinajstić information content (AvgIpc) is 3.17. The quantitative estimate of drug-likeness (QED) is 0.432. The summed E-state index contributed by atoms with van der Waals surface area (Å²) in [6.07, 6.45) is 4.49. The van der Waals surface area contributed by atoms with Gasteiger partial charge in [0, 0.05) is 24.3 Å². The van der Waals surface area contributed by atoms with Gasteiger partial charge in [-0.15, -0.1) is 0 Å². The number of hydrogen-bond acceptors (Lipinski definition) is 4. The molecule has 6 heteroatoms. The van der Waals surface area contributed by atoms with Crippen LogP contribution in [0, 0.1) is 0 Å². The highest BCUT2D eigenvalue weighted by atomic mass is 16.5. The Bertz CT molecular complexity index is 1120. The van der Waals surface area contributed by atoms with Gasteiger partial charge in [0.1, 0.15) is 11.6 Å². The minimum absolute atomic E-state index is 0.269. The Kier molecular flexibility index (Phi) is 5.42. The van der Waals surface area contributed by atoms with Crippen LogP contribution in [0.5, 0.6) is 5.75 Å². The third kappa shape index (κ3) is 4.21. The topological polar surface area (TPSA) is 76.4 Å². The van der Waals surface area contributed by atoms with Crippen LogP contribution in [-0.4, -0.2) is 33.8 Å². The van der Waals surface area contributed by atoms with Gasteiger partial charge in [0.2, 0.25) is 0 Å². The van der Waals surface area contributed by atoms with E-state index in [1.165, 1.54) is 0 Å². The fourth-order valence-electron chi connectivity index (χ4n) is 3.23. The number of ether oxygens (including phenoxy) is 1. The second kappa shape index (κ2) is 8.48. The molecule has 0 atom stereocenters. The lowest BCUT2D eigenvalue weighted by molar-refractivity contribution is 0.0697. The Balaban J connectivity index is 1.41. The molecule has 0 bridgehead atoms. The summed E-state index contributed by atoms with van der Waals surface area (Å²) in [5, 5.41) is 13.7. The number of aromatic nitrogens is 2. The summed E-state index contributed by atoms with van der Waals surface area (Å²) in [6.45, 7) is 1.37. The molecule has 2 heterocycles. The van der Waals surface area contributed by atoms with E-state index in [2.05, 4.69) is 10.3 Å². The van der Waals surface area contributed by atoms with Crippen LogP contribution in [0.15, 0.2) is 79.1 Å². The summed E-state index contributed by atoms with van der Waals surface area (Å²) >= 11 is 0. The highest BCUT2D eigenvalue weighted by Crippen LogP contribution is 2.26. The number of hydrogen-bond donors (Lipinski definition) is 2. The summed E-state index contributed by atoms with van der Waals surface area (Å²) in [7, 11) is 0. The average molecular weight is 387 g/mol. The van der Waals surface area contributed by atoms with Crippen LogP contribution >= 0.6 is 0 Å². The summed E-state index contributed by atoms with van der Waals surface area (Å²) in [4.78, 5) is 15.7. The number of rotatable bonds is 8. The molecule has 0 spiro atoms. The molecular weight excluding hydrogens is 366 g/mol. The molecule has 0 aliphatic carbocycles.